The molecule has 1 aromatic rings. The zero-order valence-electron chi connectivity index (χ0n) is 12.4. The molecule has 20 heavy (non-hydrogen) atoms. The van der Waals surface area contributed by atoms with E-state index in [4.69, 9.17) is 5.11 Å². The topological polar surface area (TPSA) is 57.6 Å². The van der Waals surface area contributed by atoms with Gasteiger partial charge in [-0.15, -0.1) is 0 Å². The number of carboxylic acid groups (broad SMARTS) is 1. The van der Waals surface area contributed by atoms with Crippen molar-refractivity contribution in [2.45, 2.75) is 33.6 Å². The molecule has 0 aromatic heterocycles. The second-order valence-electron chi connectivity index (χ2n) is 5.30. The van der Waals surface area contributed by atoms with Crippen LogP contribution in [0.15, 0.2) is 24.3 Å². The highest BCUT2D eigenvalue weighted by molar-refractivity contribution is 5.95. The molecule has 0 radical (unpaired) electrons. The van der Waals surface area contributed by atoms with Crippen LogP contribution in [0.1, 0.15) is 43.1 Å². The Morgan fingerprint density at radius 2 is 1.90 bits per heavy atom. The summed E-state index contributed by atoms with van der Waals surface area (Å²) in [6.45, 7) is 6.88. The van der Waals surface area contributed by atoms with E-state index in [2.05, 4.69) is 0 Å². The van der Waals surface area contributed by atoms with Gasteiger partial charge in [-0.05, 0) is 24.0 Å². The van der Waals surface area contributed by atoms with Crippen LogP contribution in [0, 0.1) is 5.92 Å². The molecular formula is C16H23NO3. The SMILES string of the molecule is CCc1ccccc1C(=O)N(CCC(=O)O)CC(C)C. The molecular weight excluding hydrogens is 254 g/mol. The van der Waals surface area contributed by atoms with Crippen molar-refractivity contribution >= 4 is 11.9 Å². The maximum atomic E-state index is 12.6. The van der Waals surface area contributed by atoms with E-state index in [0.29, 0.717) is 18.0 Å². The summed E-state index contributed by atoms with van der Waals surface area (Å²) in [5.41, 5.74) is 1.68. The smallest absolute Gasteiger partial charge is 0.305 e. The second-order valence-corrected chi connectivity index (χ2v) is 5.30. The minimum absolute atomic E-state index is 0.0211. The minimum Gasteiger partial charge on any atom is -0.481 e. The van der Waals surface area contributed by atoms with E-state index >= 15 is 0 Å². The molecule has 0 unspecified atom stereocenters. The first-order chi connectivity index (χ1) is 9.45. The zero-order chi connectivity index (χ0) is 15.1. The number of hydrogen-bond acceptors (Lipinski definition) is 2. The van der Waals surface area contributed by atoms with Gasteiger partial charge in [0, 0.05) is 18.7 Å². The predicted octanol–water partition coefficient (Wildman–Crippen LogP) is 2.82. The Morgan fingerprint density at radius 3 is 2.45 bits per heavy atom. The summed E-state index contributed by atoms with van der Waals surface area (Å²) in [6, 6.07) is 7.52. The Bertz CT molecular complexity index is 469. The zero-order valence-corrected chi connectivity index (χ0v) is 12.4. The van der Waals surface area contributed by atoms with Gasteiger partial charge in [0.25, 0.3) is 5.91 Å². The molecule has 0 aliphatic carbocycles. The largest absolute Gasteiger partial charge is 0.481 e. The van der Waals surface area contributed by atoms with Crippen molar-refractivity contribution in [1.82, 2.24) is 4.90 Å². The lowest BCUT2D eigenvalue weighted by Crippen LogP contribution is -2.36. The van der Waals surface area contributed by atoms with Gasteiger partial charge in [-0.2, -0.15) is 0 Å². The molecule has 0 spiro atoms. The molecule has 1 N–H and O–H groups in total. The Balaban J connectivity index is 2.93. The van der Waals surface area contributed by atoms with Gasteiger partial charge in [0.15, 0.2) is 0 Å². The number of amides is 1. The number of carbonyl (C=O) groups excluding carboxylic acids is 1. The highest BCUT2D eigenvalue weighted by Gasteiger charge is 2.19. The van der Waals surface area contributed by atoms with Crippen molar-refractivity contribution < 1.29 is 14.7 Å². The van der Waals surface area contributed by atoms with E-state index in [0.717, 1.165) is 12.0 Å². The van der Waals surface area contributed by atoms with Crippen LogP contribution in [0.3, 0.4) is 0 Å². The van der Waals surface area contributed by atoms with E-state index in [-0.39, 0.29) is 18.9 Å². The van der Waals surface area contributed by atoms with E-state index in [1.54, 1.807) is 4.90 Å². The number of carbonyl (C=O) groups is 2. The molecule has 0 aliphatic rings. The third-order valence-electron chi connectivity index (χ3n) is 3.10. The summed E-state index contributed by atoms with van der Waals surface area (Å²) >= 11 is 0. The van der Waals surface area contributed by atoms with Crippen LogP contribution in [-0.4, -0.2) is 35.0 Å². The van der Waals surface area contributed by atoms with Gasteiger partial charge in [0.1, 0.15) is 0 Å². The number of rotatable bonds is 7. The molecule has 1 amide bonds. The third-order valence-corrected chi connectivity index (χ3v) is 3.10. The number of aryl methyl sites for hydroxylation is 1. The van der Waals surface area contributed by atoms with Crippen molar-refractivity contribution in [3.63, 3.8) is 0 Å². The standard InChI is InChI=1S/C16H23NO3/c1-4-13-7-5-6-8-14(13)16(20)17(11-12(2)3)10-9-15(18)19/h5-8,12H,4,9-11H2,1-3H3,(H,18,19). The summed E-state index contributed by atoms with van der Waals surface area (Å²) in [7, 11) is 0. The number of nitrogens with zero attached hydrogens (tertiary/aromatic N) is 1. The average molecular weight is 277 g/mol. The highest BCUT2D eigenvalue weighted by atomic mass is 16.4. The molecule has 0 saturated heterocycles. The van der Waals surface area contributed by atoms with Gasteiger partial charge in [0.2, 0.25) is 0 Å². The number of aliphatic carboxylic acids is 1. The predicted molar refractivity (Wildman–Crippen MR) is 78.8 cm³/mol. The first-order valence-corrected chi connectivity index (χ1v) is 7.04. The highest BCUT2D eigenvalue weighted by Crippen LogP contribution is 2.14. The molecule has 1 aromatic carbocycles. The fourth-order valence-corrected chi connectivity index (χ4v) is 2.15. The number of hydrogen-bond donors (Lipinski definition) is 1. The molecule has 0 fully saturated rings. The van der Waals surface area contributed by atoms with Crippen LogP contribution < -0.4 is 0 Å². The van der Waals surface area contributed by atoms with E-state index in [9.17, 15) is 9.59 Å². The van der Waals surface area contributed by atoms with Crippen LogP contribution in [0.5, 0.6) is 0 Å². The molecule has 4 nitrogen and oxygen atoms in total. The van der Waals surface area contributed by atoms with Crippen LogP contribution in [0.2, 0.25) is 0 Å². The lowest BCUT2D eigenvalue weighted by atomic mass is 10.0. The Kier molecular flexibility index (Phi) is 6.22. The van der Waals surface area contributed by atoms with E-state index < -0.39 is 5.97 Å². The lowest BCUT2D eigenvalue weighted by Gasteiger charge is -2.25. The van der Waals surface area contributed by atoms with E-state index in [1.807, 2.05) is 45.0 Å². The first kappa shape index (κ1) is 16.2. The summed E-state index contributed by atoms with van der Waals surface area (Å²) in [5.74, 6) is -0.644. The van der Waals surface area contributed by atoms with Crippen molar-refractivity contribution in [3.8, 4) is 0 Å². The quantitative estimate of drug-likeness (QED) is 0.833. The van der Waals surface area contributed by atoms with Crippen molar-refractivity contribution in [2.75, 3.05) is 13.1 Å². The van der Waals surface area contributed by atoms with Crippen LogP contribution >= 0.6 is 0 Å². The maximum Gasteiger partial charge on any atom is 0.305 e. The number of benzene rings is 1. The average Bonchev–Trinajstić information content (AvgIpc) is 2.42. The van der Waals surface area contributed by atoms with Crippen molar-refractivity contribution in [1.29, 1.82) is 0 Å². The molecule has 0 saturated carbocycles. The van der Waals surface area contributed by atoms with Gasteiger partial charge in [-0.3, -0.25) is 9.59 Å². The summed E-state index contributed by atoms with van der Waals surface area (Å²) in [5, 5.41) is 8.81. The van der Waals surface area contributed by atoms with Crippen LogP contribution in [-0.2, 0) is 11.2 Å². The third kappa shape index (κ3) is 4.68. The summed E-state index contributed by atoms with van der Waals surface area (Å²) < 4.78 is 0. The fraction of sp³-hybridized carbons (Fsp3) is 0.500. The van der Waals surface area contributed by atoms with Gasteiger partial charge < -0.3 is 10.0 Å². The second kappa shape index (κ2) is 7.68. The molecule has 0 bridgehead atoms. The van der Waals surface area contributed by atoms with Gasteiger partial charge in [-0.25, -0.2) is 0 Å². The maximum absolute atomic E-state index is 12.6. The summed E-state index contributed by atoms with van der Waals surface area (Å²) in [6.07, 6.45) is 0.767. The van der Waals surface area contributed by atoms with Gasteiger partial charge in [0.05, 0.1) is 6.42 Å². The van der Waals surface area contributed by atoms with E-state index in [1.165, 1.54) is 0 Å². The molecule has 0 heterocycles. The van der Waals surface area contributed by atoms with Gasteiger partial charge >= 0.3 is 5.97 Å². The first-order valence-electron chi connectivity index (χ1n) is 7.04. The fourth-order valence-electron chi connectivity index (χ4n) is 2.15. The molecule has 0 aliphatic heterocycles. The van der Waals surface area contributed by atoms with Crippen molar-refractivity contribution in [3.05, 3.63) is 35.4 Å². The molecule has 0 atom stereocenters. The normalized spacial score (nSPS) is 10.6. The Morgan fingerprint density at radius 1 is 1.25 bits per heavy atom. The number of carboxylic acids is 1. The van der Waals surface area contributed by atoms with Gasteiger partial charge in [-0.1, -0.05) is 39.0 Å². The Labute approximate surface area is 120 Å². The molecule has 1 rings (SSSR count). The Hall–Kier alpha value is -1.84. The van der Waals surface area contributed by atoms with Crippen LogP contribution in [0.4, 0.5) is 0 Å². The monoisotopic (exact) mass is 277 g/mol. The van der Waals surface area contributed by atoms with Crippen LogP contribution in [0.25, 0.3) is 0 Å². The van der Waals surface area contributed by atoms with Crippen molar-refractivity contribution in [2.24, 2.45) is 5.92 Å². The molecule has 4 heteroatoms. The minimum atomic E-state index is -0.879. The summed E-state index contributed by atoms with van der Waals surface area (Å²) in [4.78, 5) is 25.0. The molecule has 110 valence electrons. The lowest BCUT2D eigenvalue weighted by molar-refractivity contribution is -0.137.